The molecule has 0 spiro atoms. The van der Waals surface area contributed by atoms with Crippen LogP contribution in [-0.4, -0.2) is 35.2 Å². The molecule has 0 amide bonds. The van der Waals surface area contributed by atoms with Crippen LogP contribution in [0, 0.1) is 0 Å². The van der Waals surface area contributed by atoms with Crippen molar-refractivity contribution in [3.8, 4) is 5.75 Å². The molecule has 3 nitrogen and oxygen atoms in total. The first kappa shape index (κ1) is 21.7. The zero-order valence-corrected chi connectivity index (χ0v) is 17.8. The van der Waals surface area contributed by atoms with Gasteiger partial charge in [-0.3, -0.25) is 4.90 Å². The monoisotopic (exact) mass is 389 g/mol. The van der Waals surface area contributed by atoms with Gasteiger partial charge in [-0.15, -0.1) is 0 Å². The lowest BCUT2D eigenvalue weighted by atomic mass is 9.84. The van der Waals surface area contributed by atoms with Gasteiger partial charge in [-0.2, -0.15) is 0 Å². The lowest BCUT2D eigenvalue weighted by Gasteiger charge is -2.30. The van der Waals surface area contributed by atoms with Crippen LogP contribution in [0.5, 0.6) is 5.75 Å². The van der Waals surface area contributed by atoms with Crippen LogP contribution in [0.2, 0.25) is 5.02 Å². The molecule has 2 aromatic carbocycles. The molecule has 1 atom stereocenters. The van der Waals surface area contributed by atoms with Crippen molar-refractivity contribution in [2.45, 2.75) is 58.7 Å². The molecule has 4 heteroatoms. The number of aliphatic hydroxyl groups is 1. The van der Waals surface area contributed by atoms with Crippen molar-refractivity contribution in [3.05, 3.63) is 64.7 Å². The normalized spacial score (nSPS) is 14.0. The van der Waals surface area contributed by atoms with E-state index in [1.54, 1.807) is 0 Å². The maximum atomic E-state index is 11.2. The molecule has 2 rings (SSSR count). The smallest absolute Gasteiger partial charge is 0.119 e. The molecule has 0 radical (unpaired) electrons. The Balaban J connectivity index is 2.07. The van der Waals surface area contributed by atoms with Crippen LogP contribution in [0.3, 0.4) is 0 Å². The molecular formula is C23H32ClNO2. The molecule has 2 aromatic rings. The number of benzene rings is 2. The van der Waals surface area contributed by atoms with Crippen LogP contribution in [0.15, 0.2) is 48.5 Å². The van der Waals surface area contributed by atoms with Crippen LogP contribution < -0.4 is 4.74 Å². The largest absolute Gasteiger partial charge is 0.492 e. The molecule has 0 saturated heterocycles. The van der Waals surface area contributed by atoms with E-state index in [-0.39, 0.29) is 0 Å². The Morgan fingerprint density at radius 1 is 1.00 bits per heavy atom. The van der Waals surface area contributed by atoms with Gasteiger partial charge in [0.1, 0.15) is 18.0 Å². The van der Waals surface area contributed by atoms with Crippen molar-refractivity contribution >= 4 is 11.6 Å². The summed E-state index contributed by atoms with van der Waals surface area (Å²) in [4.78, 5) is 2.41. The van der Waals surface area contributed by atoms with Crippen molar-refractivity contribution in [2.24, 2.45) is 0 Å². The van der Waals surface area contributed by atoms with Crippen LogP contribution in [0.25, 0.3) is 0 Å². The minimum Gasteiger partial charge on any atom is -0.492 e. The summed E-state index contributed by atoms with van der Waals surface area (Å²) >= 11 is 6.11. The van der Waals surface area contributed by atoms with Crippen molar-refractivity contribution < 1.29 is 9.84 Å². The quantitative estimate of drug-likeness (QED) is 0.616. The third-order valence-corrected chi connectivity index (χ3v) is 5.33. The molecule has 27 heavy (non-hydrogen) atoms. The van der Waals surface area contributed by atoms with Gasteiger partial charge in [0.2, 0.25) is 0 Å². The highest BCUT2D eigenvalue weighted by atomic mass is 35.5. The summed E-state index contributed by atoms with van der Waals surface area (Å²) in [5.74, 6) is 0.816. The van der Waals surface area contributed by atoms with Gasteiger partial charge in [0.25, 0.3) is 0 Å². The summed E-state index contributed by atoms with van der Waals surface area (Å²) < 4.78 is 5.92. The zero-order chi connectivity index (χ0) is 20.0. The van der Waals surface area contributed by atoms with E-state index in [1.165, 1.54) is 0 Å². The molecule has 148 valence electrons. The first-order chi connectivity index (χ1) is 12.8. The van der Waals surface area contributed by atoms with Gasteiger partial charge in [0.05, 0.1) is 0 Å². The van der Waals surface area contributed by atoms with E-state index in [2.05, 4.69) is 32.6 Å². The highest BCUT2D eigenvalue weighted by Gasteiger charge is 2.29. The maximum absolute atomic E-state index is 11.2. The average molecular weight is 390 g/mol. The molecule has 1 N–H and O–H groups in total. The van der Waals surface area contributed by atoms with Crippen molar-refractivity contribution in [2.75, 3.05) is 13.2 Å². The molecule has 0 saturated carbocycles. The number of halogens is 1. The number of ether oxygens (including phenoxy) is 1. The third kappa shape index (κ3) is 5.47. The van der Waals surface area contributed by atoms with E-state index in [0.29, 0.717) is 30.1 Å². The second-order valence-electron chi connectivity index (χ2n) is 7.52. The fourth-order valence-corrected chi connectivity index (χ4v) is 3.72. The average Bonchev–Trinajstić information content (AvgIpc) is 2.64. The van der Waals surface area contributed by atoms with E-state index < -0.39 is 5.60 Å². The molecular weight excluding hydrogens is 358 g/mol. The zero-order valence-electron chi connectivity index (χ0n) is 17.1. The second-order valence-corrected chi connectivity index (χ2v) is 7.96. The summed E-state index contributed by atoms with van der Waals surface area (Å²) in [5.41, 5.74) is 0.580. The Bertz CT molecular complexity index is 707. The first-order valence-corrected chi connectivity index (χ1v) is 10.1. The molecule has 0 bridgehead atoms. The molecule has 0 aliphatic rings. The Morgan fingerprint density at radius 3 is 2.15 bits per heavy atom. The van der Waals surface area contributed by atoms with Crippen molar-refractivity contribution in [1.29, 1.82) is 0 Å². The van der Waals surface area contributed by atoms with E-state index >= 15 is 0 Å². The van der Waals surface area contributed by atoms with Crippen LogP contribution in [0.4, 0.5) is 0 Å². The van der Waals surface area contributed by atoms with Crippen LogP contribution in [-0.2, 0) is 5.60 Å². The summed E-state index contributed by atoms with van der Waals surface area (Å²) in [7, 11) is 0. The Labute approximate surface area is 168 Å². The van der Waals surface area contributed by atoms with E-state index in [9.17, 15) is 5.11 Å². The second kappa shape index (κ2) is 9.59. The molecule has 0 aliphatic heterocycles. The highest BCUT2D eigenvalue weighted by Crippen LogP contribution is 2.34. The lowest BCUT2D eigenvalue weighted by molar-refractivity contribution is 0.0764. The number of hydrogen-bond acceptors (Lipinski definition) is 3. The van der Waals surface area contributed by atoms with Gasteiger partial charge in [0.15, 0.2) is 0 Å². The highest BCUT2D eigenvalue weighted by molar-refractivity contribution is 6.30. The van der Waals surface area contributed by atoms with Crippen molar-refractivity contribution in [3.63, 3.8) is 0 Å². The minimum atomic E-state index is -1.06. The molecule has 0 aliphatic carbocycles. The summed E-state index contributed by atoms with van der Waals surface area (Å²) in [6, 6.07) is 16.1. The molecule has 1 unspecified atom stereocenters. The molecule has 0 heterocycles. The van der Waals surface area contributed by atoms with Gasteiger partial charge in [-0.05, 0) is 69.5 Å². The fraction of sp³-hybridized carbons (Fsp3) is 0.478. The summed E-state index contributed by atoms with van der Waals surface area (Å²) in [6.45, 7) is 12.3. The van der Waals surface area contributed by atoms with E-state index in [0.717, 1.165) is 23.4 Å². The van der Waals surface area contributed by atoms with Gasteiger partial charge < -0.3 is 9.84 Å². The fourth-order valence-electron chi connectivity index (χ4n) is 3.53. The van der Waals surface area contributed by atoms with Crippen LogP contribution in [0.1, 0.15) is 52.2 Å². The van der Waals surface area contributed by atoms with E-state index in [1.807, 2.05) is 55.5 Å². The van der Waals surface area contributed by atoms with Crippen molar-refractivity contribution in [1.82, 2.24) is 4.90 Å². The summed E-state index contributed by atoms with van der Waals surface area (Å²) in [6.07, 6.45) is 0.561. The predicted molar refractivity (Wildman–Crippen MR) is 114 cm³/mol. The van der Waals surface area contributed by atoms with Crippen LogP contribution >= 0.6 is 11.6 Å². The van der Waals surface area contributed by atoms with Gasteiger partial charge in [-0.25, -0.2) is 0 Å². The standard InChI is InChI=1S/C23H32ClNO2/c1-6-23(26,20-8-7-9-21(24)16-20)19-10-12-22(13-11-19)27-15-14-25(17(2)3)18(4)5/h7-13,16-18,26H,6,14-15H2,1-5H3. The topological polar surface area (TPSA) is 32.7 Å². The number of nitrogens with zero attached hydrogens (tertiary/aromatic N) is 1. The first-order valence-electron chi connectivity index (χ1n) is 9.75. The molecule has 0 fully saturated rings. The minimum absolute atomic E-state index is 0.494. The summed E-state index contributed by atoms with van der Waals surface area (Å²) in [5, 5.41) is 11.9. The number of rotatable bonds is 9. The predicted octanol–water partition coefficient (Wildman–Crippen LogP) is 5.48. The molecule has 0 aromatic heterocycles. The number of hydrogen-bond donors (Lipinski definition) is 1. The third-order valence-electron chi connectivity index (χ3n) is 5.09. The Morgan fingerprint density at radius 2 is 1.63 bits per heavy atom. The Hall–Kier alpha value is -1.55. The van der Waals surface area contributed by atoms with Gasteiger partial charge in [0, 0.05) is 23.7 Å². The SMILES string of the molecule is CCC(O)(c1ccc(OCCN(C(C)C)C(C)C)cc1)c1cccc(Cl)c1. The lowest BCUT2D eigenvalue weighted by Crippen LogP contribution is -2.39. The van der Waals surface area contributed by atoms with Gasteiger partial charge >= 0.3 is 0 Å². The van der Waals surface area contributed by atoms with E-state index in [4.69, 9.17) is 16.3 Å². The maximum Gasteiger partial charge on any atom is 0.119 e. The Kier molecular flexibility index (Phi) is 7.72. The van der Waals surface area contributed by atoms with Gasteiger partial charge in [-0.1, -0.05) is 42.8 Å².